The van der Waals surface area contributed by atoms with E-state index in [0.29, 0.717) is 0 Å². The summed E-state index contributed by atoms with van der Waals surface area (Å²) in [5.41, 5.74) is 3.63. The first-order valence-electron chi connectivity index (χ1n) is 14.0. The van der Waals surface area contributed by atoms with Gasteiger partial charge < -0.3 is 14.4 Å². The Morgan fingerprint density at radius 3 is 2.32 bits per heavy atom. The lowest BCUT2D eigenvalue weighted by Gasteiger charge is -2.45. The average molecular weight is 600 g/mol. The van der Waals surface area contributed by atoms with Crippen LogP contribution in [0.2, 0.25) is 0 Å². The number of halogens is 1. The number of anilines is 2. The number of unbranched alkanes of at least 4 members (excludes halogenated alkanes) is 2. The van der Waals surface area contributed by atoms with E-state index in [1.165, 1.54) is 60.4 Å². The van der Waals surface area contributed by atoms with E-state index in [9.17, 15) is 0 Å². The topological polar surface area (TPSA) is 24.9 Å². The van der Waals surface area contributed by atoms with Gasteiger partial charge >= 0.3 is 0 Å². The molecule has 1 heterocycles. The lowest BCUT2D eigenvalue weighted by Crippen LogP contribution is -2.52. The molecule has 2 aromatic rings. The van der Waals surface area contributed by atoms with Gasteiger partial charge in [-0.15, -0.1) is 0 Å². The normalized spacial score (nSPS) is 21.1. The van der Waals surface area contributed by atoms with E-state index in [0.717, 1.165) is 29.7 Å². The van der Waals surface area contributed by atoms with E-state index < -0.39 is 0 Å². The molecule has 4 nitrogen and oxygen atoms in total. The maximum absolute atomic E-state index is 5.76. The molecule has 0 radical (unpaired) electrons. The highest BCUT2D eigenvalue weighted by molar-refractivity contribution is 9.10. The minimum Gasteiger partial charge on any atom is -0.496 e. The maximum Gasteiger partial charge on any atom is 0.134 e. The summed E-state index contributed by atoms with van der Waals surface area (Å²) in [5, 5.41) is 0. The Kier molecular flexibility index (Phi) is 10.1. The van der Waals surface area contributed by atoms with E-state index >= 15 is 0 Å². The van der Waals surface area contributed by atoms with Gasteiger partial charge in [0.2, 0.25) is 0 Å². The van der Waals surface area contributed by atoms with Crippen molar-refractivity contribution in [3.8, 4) is 5.75 Å². The van der Waals surface area contributed by atoms with E-state index in [1.807, 2.05) is 11.9 Å². The Morgan fingerprint density at radius 1 is 1.03 bits per heavy atom. The molecule has 38 heavy (non-hydrogen) atoms. The summed E-state index contributed by atoms with van der Waals surface area (Å²) in [6, 6.07) is 15.3. The molecule has 0 N–H and O–H groups in total. The molecule has 0 saturated carbocycles. The van der Waals surface area contributed by atoms with E-state index in [4.69, 9.17) is 9.47 Å². The minimum atomic E-state index is -0.215. The summed E-state index contributed by atoms with van der Waals surface area (Å²) < 4.78 is 15.2. The van der Waals surface area contributed by atoms with Gasteiger partial charge in [-0.1, -0.05) is 76.0 Å². The van der Waals surface area contributed by atoms with Crippen molar-refractivity contribution >= 4 is 39.3 Å². The molecule has 1 aliphatic carbocycles. The van der Waals surface area contributed by atoms with Crippen LogP contribution in [0.5, 0.6) is 5.75 Å². The monoisotopic (exact) mass is 598 g/mol. The highest BCUT2D eigenvalue weighted by Gasteiger charge is 2.42. The highest BCUT2D eigenvalue weighted by Crippen LogP contribution is 2.50. The first-order chi connectivity index (χ1) is 18.4. The molecule has 0 fully saturated rings. The Balaban J connectivity index is 1.83. The van der Waals surface area contributed by atoms with Gasteiger partial charge in [-0.3, -0.25) is 0 Å². The number of fused-ring (bicyclic) bond motifs is 1. The van der Waals surface area contributed by atoms with Crippen LogP contribution in [0.4, 0.5) is 11.4 Å². The van der Waals surface area contributed by atoms with Gasteiger partial charge in [0.15, 0.2) is 0 Å². The van der Waals surface area contributed by atoms with Crippen molar-refractivity contribution in [2.45, 2.75) is 81.8 Å². The lowest BCUT2D eigenvalue weighted by atomic mass is 9.85. The minimum absolute atomic E-state index is 0.0158. The third-order valence-electron chi connectivity index (χ3n) is 7.99. The molecule has 206 valence electrons. The fourth-order valence-electron chi connectivity index (χ4n) is 5.41. The number of nitrogens with zero attached hydrogens (tertiary/aromatic N) is 2. The molecule has 0 bridgehead atoms. The highest BCUT2D eigenvalue weighted by atomic mass is 79.9. The zero-order valence-corrected chi connectivity index (χ0v) is 26.0. The van der Waals surface area contributed by atoms with Crippen LogP contribution in [-0.4, -0.2) is 42.8 Å². The second-order valence-electron chi connectivity index (χ2n) is 10.8. The zero-order valence-electron chi connectivity index (χ0n) is 23.6. The first-order valence-corrected chi connectivity index (χ1v) is 15.5. The SMILES string of the molecule is CCCCC1(CCCC)CN(c2ccccc2)c2cc(Br)c(OC)cc2SN1CC1=CCC(C)(OC)C=C1. The number of rotatable bonds is 11. The van der Waals surface area contributed by atoms with Crippen LogP contribution in [0, 0.1) is 0 Å². The lowest BCUT2D eigenvalue weighted by molar-refractivity contribution is 0.0500. The molecule has 2 aliphatic rings. The summed E-state index contributed by atoms with van der Waals surface area (Å²) in [4.78, 5) is 3.77. The fourth-order valence-corrected chi connectivity index (χ4v) is 7.21. The van der Waals surface area contributed by atoms with Gasteiger partial charge in [0, 0.05) is 31.4 Å². The van der Waals surface area contributed by atoms with Crippen molar-refractivity contribution in [3.05, 3.63) is 70.7 Å². The second-order valence-corrected chi connectivity index (χ2v) is 12.7. The number of para-hydroxylation sites is 1. The predicted octanol–water partition coefficient (Wildman–Crippen LogP) is 9.33. The van der Waals surface area contributed by atoms with Crippen LogP contribution in [0.15, 0.2) is 75.6 Å². The van der Waals surface area contributed by atoms with Crippen molar-refractivity contribution in [2.75, 3.05) is 32.2 Å². The molecule has 4 rings (SSSR count). The average Bonchev–Trinajstić information content (AvgIpc) is 3.07. The number of hydrogen-bond donors (Lipinski definition) is 0. The summed E-state index contributed by atoms with van der Waals surface area (Å²) in [6.07, 6.45) is 14.9. The van der Waals surface area contributed by atoms with Gasteiger partial charge in [0.25, 0.3) is 0 Å². The van der Waals surface area contributed by atoms with Gasteiger partial charge in [0.1, 0.15) is 5.75 Å². The zero-order chi connectivity index (χ0) is 27.2. The van der Waals surface area contributed by atoms with Crippen molar-refractivity contribution in [3.63, 3.8) is 0 Å². The van der Waals surface area contributed by atoms with Crippen LogP contribution in [0.1, 0.15) is 65.7 Å². The Hall–Kier alpha value is -1.73. The number of hydrogen-bond acceptors (Lipinski definition) is 5. The fraction of sp³-hybridized carbons (Fsp3) is 0.500. The molecule has 2 aromatic carbocycles. The van der Waals surface area contributed by atoms with Crippen molar-refractivity contribution in [1.29, 1.82) is 0 Å². The predicted molar refractivity (Wildman–Crippen MR) is 166 cm³/mol. The van der Waals surface area contributed by atoms with Crippen LogP contribution in [0.3, 0.4) is 0 Å². The molecule has 6 heteroatoms. The van der Waals surface area contributed by atoms with Crippen LogP contribution in [0.25, 0.3) is 0 Å². The third kappa shape index (κ3) is 6.52. The van der Waals surface area contributed by atoms with Crippen LogP contribution in [-0.2, 0) is 4.74 Å². The quantitative estimate of drug-likeness (QED) is 0.240. The molecule has 0 saturated heterocycles. The first kappa shape index (κ1) is 29.3. The molecular weight excluding hydrogens is 556 g/mol. The summed E-state index contributed by atoms with van der Waals surface area (Å²) >= 11 is 5.69. The summed E-state index contributed by atoms with van der Waals surface area (Å²) in [6.45, 7) is 8.62. The molecule has 0 spiro atoms. The van der Waals surface area contributed by atoms with Crippen molar-refractivity contribution in [1.82, 2.24) is 4.31 Å². The second kappa shape index (κ2) is 13.1. The third-order valence-corrected chi connectivity index (χ3v) is 9.87. The van der Waals surface area contributed by atoms with E-state index in [1.54, 1.807) is 14.2 Å². The molecule has 0 aromatic heterocycles. The van der Waals surface area contributed by atoms with Gasteiger partial charge in [-0.25, -0.2) is 4.31 Å². The number of methoxy groups -OCH3 is 2. The standard InChI is InChI=1S/C32H43BrN2O2S/c1-6-8-17-32(18-9-7-2)24-34(26-13-11-10-12-14-26)28-21-27(33)29(36-4)22-30(28)38-35(32)23-25-15-19-31(3,37-5)20-16-25/h10-16,19,21-22H,6-9,17-18,20,23-24H2,1-5H3. The Morgan fingerprint density at radius 2 is 1.74 bits per heavy atom. The number of ether oxygens (including phenoxy) is 2. The van der Waals surface area contributed by atoms with Gasteiger partial charge in [-0.05, 0) is 83.9 Å². The summed E-state index contributed by atoms with van der Waals surface area (Å²) in [7, 11) is 3.55. The maximum atomic E-state index is 5.76. The van der Waals surface area contributed by atoms with Crippen molar-refractivity contribution in [2.24, 2.45) is 0 Å². The van der Waals surface area contributed by atoms with Gasteiger partial charge in [0.05, 0.1) is 27.8 Å². The molecule has 1 aliphatic heterocycles. The van der Waals surface area contributed by atoms with E-state index in [-0.39, 0.29) is 11.1 Å². The number of benzene rings is 2. The molecule has 1 unspecified atom stereocenters. The molecule has 0 amide bonds. The molecule has 1 atom stereocenters. The largest absolute Gasteiger partial charge is 0.496 e. The van der Waals surface area contributed by atoms with Crippen LogP contribution < -0.4 is 9.64 Å². The van der Waals surface area contributed by atoms with E-state index in [2.05, 4.69) is 107 Å². The van der Waals surface area contributed by atoms with Gasteiger partial charge in [-0.2, -0.15) is 0 Å². The Labute approximate surface area is 242 Å². The van der Waals surface area contributed by atoms with Crippen LogP contribution >= 0.6 is 27.9 Å². The smallest absolute Gasteiger partial charge is 0.134 e. The van der Waals surface area contributed by atoms with Crippen molar-refractivity contribution < 1.29 is 9.47 Å². The summed E-state index contributed by atoms with van der Waals surface area (Å²) in [5.74, 6) is 0.867. The Bertz CT molecular complexity index is 1130. The molecular formula is C32H43BrN2O2S.